The SMILES string of the molecule is CC/C(=C/c1occc1C)CN. The van der Waals surface area contributed by atoms with Gasteiger partial charge in [-0.1, -0.05) is 12.5 Å². The number of aryl methyl sites for hydroxylation is 1. The summed E-state index contributed by atoms with van der Waals surface area (Å²) in [5, 5.41) is 0. The number of rotatable bonds is 3. The molecule has 0 spiro atoms. The van der Waals surface area contributed by atoms with Gasteiger partial charge in [-0.2, -0.15) is 0 Å². The minimum absolute atomic E-state index is 0.608. The van der Waals surface area contributed by atoms with Gasteiger partial charge < -0.3 is 10.2 Å². The van der Waals surface area contributed by atoms with Gasteiger partial charge in [0.2, 0.25) is 0 Å². The molecule has 1 heterocycles. The van der Waals surface area contributed by atoms with E-state index in [4.69, 9.17) is 10.2 Å². The van der Waals surface area contributed by atoms with E-state index in [0.29, 0.717) is 6.54 Å². The first-order chi connectivity index (χ1) is 5.77. The molecule has 2 nitrogen and oxygen atoms in total. The van der Waals surface area contributed by atoms with Crippen molar-refractivity contribution in [2.75, 3.05) is 6.54 Å². The van der Waals surface area contributed by atoms with E-state index >= 15 is 0 Å². The Hall–Kier alpha value is -1.02. The lowest BCUT2D eigenvalue weighted by molar-refractivity contribution is 0.554. The Kier molecular flexibility index (Phi) is 3.11. The maximum Gasteiger partial charge on any atom is 0.129 e. The van der Waals surface area contributed by atoms with Gasteiger partial charge in [-0.15, -0.1) is 0 Å². The first kappa shape index (κ1) is 9.07. The van der Waals surface area contributed by atoms with E-state index < -0.39 is 0 Å². The van der Waals surface area contributed by atoms with Crippen molar-refractivity contribution in [2.24, 2.45) is 5.73 Å². The maximum atomic E-state index is 5.54. The third-order valence-corrected chi connectivity index (χ3v) is 1.95. The highest BCUT2D eigenvalue weighted by Crippen LogP contribution is 2.14. The summed E-state index contributed by atoms with van der Waals surface area (Å²) in [7, 11) is 0. The van der Waals surface area contributed by atoms with Crippen molar-refractivity contribution in [2.45, 2.75) is 20.3 Å². The number of furan rings is 1. The van der Waals surface area contributed by atoms with Gasteiger partial charge >= 0.3 is 0 Å². The van der Waals surface area contributed by atoms with E-state index in [9.17, 15) is 0 Å². The highest BCUT2D eigenvalue weighted by molar-refractivity contribution is 5.51. The molecule has 1 aromatic rings. The maximum absolute atomic E-state index is 5.54. The van der Waals surface area contributed by atoms with Crippen molar-refractivity contribution in [3.8, 4) is 0 Å². The molecule has 0 saturated heterocycles. The molecule has 0 aromatic carbocycles. The Bertz CT molecular complexity index is 267. The molecule has 0 unspecified atom stereocenters. The van der Waals surface area contributed by atoms with Crippen LogP contribution in [0.25, 0.3) is 6.08 Å². The van der Waals surface area contributed by atoms with Gasteiger partial charge in [0.05, 0.1) is 6.26 Å². The fourth-order valence-electron chi connectivity index (χ4n) is 1.02. The molecule has 2 N–H and O–H groups in total. The van der Waals surface area contributed by atoms with Crippen LogP contribution in [0.5, 0.6) is 0 Å². The summed E-state index contributed by atoms with van der Waals surface area (Å²) in [4.78, 5) is 0. The second-order valence-corrected chi connectivity index (χ2v) is 2.83. The Morgan fingerprint density at radius 1 is 1.67 bits per heavy atom. The van der Waals surface area contributed by atoms with Crippen molar-refractivity contribution in [1.82, 2.24) is 0 Å². The van der Waals surface area contributed by atoms with Gasteiger partial charge in [-0.05, 0) is 31.1 Å². The monoisotopic (exact) mass is 165 g/mol. The van der Waals surface area contributed by atoms with Crippen LogP contribution in [0.4, 0.5) is 0 Å². The molecule has 2 heteroatoms. The lowest BCUT2D eigenvalue weighted by Crippen LogP contribution is -2.01. The highest BCUT2D eigenvalue weighted by Gasteiger charge is 1.98. The van der Waals surface area contributed by atoms with Crippen molar-refractivity contribution in [3.63, 3.8) is 0 Å². The standard InChI is InChI=1S/C10H15NO/c1-3-9(7-11)6-10-8(2)4-5-12-10/h4-6H,3,7,11H2,1-2H3/b9-6-. The summed E-state index contributed by atoms with van der Waals surface area (Å²) < 4.78 is 5.27. The van der Waals surface area contributed by atoms with Gasteiger partial charge in [-0.25, -0.2) is 0 Å². The summed E-state index contributed by atoms with van der Waals surface area (Å²) in [6, 6.07) is 1.95. The van der Waals surface area contributed by atoms with E-state index in [0.717, 1.165) is 17.7 Å². The van der Waals surface area contributed by atoms with Crippen LogP contribution in [0.15, 0.2) is 22.3 Å². The van der Waals surface area contributed by atoms with Crippen LogP contribution < -0.4 is 5.73 Å². The normalized spacial score (nSPS) is 12.1. The van der Waals surface area contributed by atoms with Crippen molar-refractivity contribution >= 4 is 6.08 Å². The second kappa shape index (κ2) is 4.12. The van der Waals surface area contributed by atoms with Gasteiger partial charge in [-0.3, -0.25) is 0 Å². The van der Waals surface area contributed by atoms with E-state index in [1.807, 2.05) is 19.1 Å². The van der Waals surface area contributed by atoms with Crippen LogP contribution in [0.3, 0.4) is 0 Å². The lowest BCUT2D eigenvalue weighted by atomic mass is 10.1. The fourth-order valence-corrected chi connectivity index (χ4v) is 1.02. The molecular formula is C10H15NO. The number of hydrogen-bond acceptors (Lipinski definition) is 2. The fraction of sp³-hybridized carbons (Fsp3) is 0.400. The molecule has 0 saturated carbocycles. The molecule has 0 radical (unpaired) electrons. The van der Waals surface area contributed by atoms with Gasteiger partial charge in [0, 0.05) is 6.54 Å². The minimum atomic E-state index is 0.608. The van der Waals surface area contributed by atoms with Gasteiger partial charge in [0.15, 0.2) is 0 Å². The minimum Gasteiger partial charge on any atom is -0.465 e. The number of nitrogens with two attached hydrogens (primary N) is 1. The first-order valence-corrected chi connectivity index (χ1v) is 4.21. The van der Waals surface area contributed by atoms with Crippen molar-refractivity contribution in [1.29, 1.82) is 0 Å². The third kappa shape index (κ3) is 1.98. The van der Waals surface area contributed by atoms with E-state index in [1.54, 1.807) is 6.26 Å². The Balaban J connectivity index is 2.85. The van der Waals surface area contributed by atoms with E-state index in [2.05, 4.69) is 6.92 Å². The van der Waals surface area contributed by atoms with E-state index in [-0.39, 0.29) is 0 Å². The number of hydrogen-bond donors (Lipinski definition) is 1. The smallest absolute Gasteiger partial charge is 0.129 e. The molecule has 0 amide bonds. The molecule has 0 bridgehead atoms. The second-order valence-electron chi connectivity index (χ2n) is 2.83. The molecule has 0 aliphatic heterocycles. The van der Waals surface area contributed by atoms with Crippen molar-refractivity contribution < 1.29 is 4.42 Å². The molecule has 0 fully saturated rings. The van der Waals surface area contributed by atoms with Crippen LogP contribution in [-0.4, -0.2) is 6.54 Å². The largest absolute Gasteiger partial charge is 0.465 e. The van der Waals surface area contributed by atoms with Crippen LogP contribution >= 0.6 is 0 Å². The Morgan fingerprint density at radius 3 is 2.83 bits per heavy atom. The summed E-state index contributed by atoms with van der Waals surface area (Å²) in [6.45, 7) is 4.73. The van der Waals surface area contributed by atoms with Gasteiger partial charge in [0.25, 0.3) is 0 Å². The van der Waals surface area contributed by atoms with Crippen molar-refractivity contribution in [3.05, 3.63) is 29.2 Å². The van der Waals surface area contributed by atoms with Crippen LogP contribution in [0.2, 0.25) is 0 Å². The summed E-state index contributed by atoms with van der Waals surface area (Å²) in [5.74, 6) is 0.928. The third-order valence-electron chi connectivity index (χ3n) is 1.95. The molecule has 0 atom stereocenters. The van der Waals surface area contributed by atoms with Gasteiger partial charge in [0.1, 0.15) is 5.76 Å². The van der Waals surface area contributed by atoms with Crippen LogP contribution in [-0.2, 0) is 0 Å². The molecular weight excluding hydrogens is 150 g/mol. The average molecular weight is 165 g/mol. The highest BCUT2D eigenvalue weighted by atomic mass is 16.3. The summed E-state index contributed by atoms with van der Waals surface area (Å²) >= 11 is 0. The van der Waals surface area contributed by atoms with Crippen LogP contribution in [0, 0.1) is 6.92 Å². The predicted octanol–water partition coefficient (Wildman–Crippen LogP) is 2.34. The predicted molar refractivity (Wildman–Crippen MR) is 50.8 cm³/mol. The quantitative estimate of drug-likeness (QED) is 0.746. The van der Waals surface area contributed by atoms with Crippen LogP contribution in [0.1, 0.15) is 24.7 Å². The Morgan fingerprint density at radius 2 is 2.42 bits per heavy atom. The molecule has 66 valence electrons. The zero-order valence-electron chi connectivity index (χ0n) is 7.63. The molecule has 12 heavy (non-hydrogen) atoms. The molecule has 0 aliphatic carbocycles. The first-order valence-electron chi connectivity index (χ1n) is 4.21. The van der Waals surface area contributed by atoms with E-state index in [1.165, 1.54) is 5.57 Å². The molecule has 1 rings (SSSR count). The Labute approximate surface area is 73.1 Å². The topological polar surface area (TPSA) is 39.2 Å². The summed E-state index contributed by atoms with van der Waals surface area (Å²) in [5.41, 5.74) is 7.92. The zero-order chi connectivity index (χ0) is 8.97. The lowest BCUT2D eigenvalue weighted by Gasteiger charge is -1.98. The average Bonchev–Trinajstić information content (AvgIpc) is 2.47. The zero-order valence-corrected chi connectivity index (χ0v) is 7.63. The molecule has 1 aromatic heterocycles. The molecule has 0 aliphatic rings. The summed E-state index contributed by atoms with van der Waals surface area (Å²) in [6.07, 6.45) is 4.71.